The molecule has 0 aromatic rings. The third-order valence-corrected chi connectivity index (χ3v) is 4.84. The molecule has 0 spiro atoms. The van der Waals surface area contributed by atoms with Crippen molar-refractivity contribution in [3.05, 3.63) is 11.6 Å². The molecular weight excluding hydrogens is 174 g/mol. The lowest BCUT2D eigenvalue weighted by atomic mass is 9.49. The van der Waals surface area contributed by atoms with Gasteiger partial charge in [0.2, 0.25) is 5.91 Å². The molecule has 0 radical (unpaired) electrons. The second-order valence-electron chi connectivity index (χ2n) is 5.39. The van der Waals surface area contributed by atoms with Crippen LogP contribution < -0.4 is 5.32 Å². The van der Waals surface area contributed by atoms with Crippen molar-refractivity contribution in [1.82, 2.24) is 5.32 Å². The quantitative estimate of drug-likeness (QED) is 0.675. The molecule has 0 saturated heterocycles. The Morgan fingerprint density at radius 1 is 1.43 bits per heavy atom. The number of carbonyl (C=O) groups excluding carboxylic acids is 1. The number of amides is 1. The van der Waals surface area contributed by atoms with E-state index >= 15 is 0 Å². The number of carbonyl (C=O) groups is 1. The van der Waals surface area contributed by atoms with Crippen LogP contribution in [0.2, 0.25) is 0 Å². The molecule has 0 aromatic heterocycles. The highest BCUT2D eigenvalue weighted by Gasteiger charge is 2.65. The first-order valence-electron chi connectivity index (χ1n) is 5.59. The number of hydrogen-bond donors (Lipinski definition) is 1. The Bertz CT molecular complexity index is 342. The van der Waals surface area contributed by atoms with E-state index in [1.165, 1.54) is 31.3 Å². The highest BCUT2D eigenvalue weighted by molar-refractivity contribution is 5.91. The van der Waals surface area contributed by atoms with Gasteiger partial charge in [-0.3, -0.25) is 4.79 Å². The van der Waals surface area contributed by atoms with Gasteiger partial charge >= 0.3 is 0 Å². The Morgan fingerprint density at radius 2 is 2.14 bits per heavy atom. The zero-order chi connectivity index (χ0) is 9.97. The van der Waals surface area contributed by atoms with Gasteiger partial charge in [0.15, 0.2) is 0 Å². The van der Waals surface area contributed by atoms with Gasteiger partial charge in [-0.15, -0.1) is 0 Å². The molecule has 2 aliphatic carbocycles. The minimum absolute atomic E-state index is 0.131. The van der Waals surface area contributed by atoms with E-state index in [0.717, 1.165) is 5.92 Å². The van der Waals surface area contributed by atoms with Crippen LogP contribution in [0, 0.1) is 11.3 Å². The average molecular weight is 191 g/mol. The SMILES string of the molecule is CC1=CC(=O)NC2(C3CC3)CCC12C. The number of fused-ring (bicyclic) bond motifs is 1. The van der Waals surface area contributed by atoms with E-state index in [-0.39, 0.29) is 16.9 Å². The van der Waals surface area contributed by atoms with Gasteiger partial charge in [-0.1, -0.05) is 12.5 Å². The molecule has 1 N–H and O–H groups in total. The summed E-state index contributed by atoms with van der Waals surface area (Å²) in [5.41, 5.74) is 1.70. The lowest BCUT2D eigenvalue weighted by Gasteiger charge is -2.61. The normalized spacial score (nSPS) is 46.1. The topological polar surface area (TPSA) is 29.1 Å². The van der Waals surface area contributed by atoms with E-state index in [0.29, 0.717) is 0 Å². The third kappa shape index (κ3) is 0.760. The predicted molar refractivity (Wildman–Crippen MR) is 54.7 cm³/mol. The summed E-state index contributed by atoms with van der Waals surface area (Å²) in [5, 5.41) is 3.25. The van der Waals surface area contributed by atoms with Crippen LogP contribution in [0.4, 0.5) is 0 Å². The smallest absolute Gasteiger partial charge is 0.244 e. The summed E-state index contributed by atoms with van der Waals surface area (Å²) in [6.45, 7) is 4.44. The predicted octanol–water partition coefficient (Wildman–Crippen LogP) is 2.01. The van der Waals surface area contributed by atoms with Gasteiger partial charge in [-0.2, -0.15) is 0 Å². The van der Waals surface area contributed by atoms with Gasteiger partial charge in [0.05, 0.1) is 5.54 Å². The van der Waals surface area contributed by atoms with Crippen LogP contribution in [0.5, 0.6) is 0 Å². The molecule has 0 aromatic carbocycles. The maximum atomic E-state index is 11.6. The Labute approximate surface area is 84.8 Å². The van der Waals surface area contributed by atoms with Crippen molar-refractivity contribution in [3.8, 4) is 0 Å². The molecule has 2 atom stereocenters. The Kier molecular flexibility index (Phi) is 1.36. The fraction of sp³-hybridized carbons (Fsp3) is 0.750. The van der Waals surface area contributed by atoms with Gasteiger partial charge < -0.3 is 5.32 Å². The van der Waals surface area contributed by atoms with Crippen LogP contribution in [0.1, 0.15) is 39.5 Å². The minimum atomic E-state index is 0.131. The fourth-order valence-electron chi connectivity index (χ4n) is 3.46. The van der Waals surface area contributed by atoms with E-state index in [9.17, 15) is 4.79 Å². The molecule has 2 nitrogen and oxygen atoms in total. The number of nitrogens with one attached hydrogen (secondary N) is 1. The molecular formula is C12H17NO. The molecule has 14 heavy (non-hydrogen) atoms. The molecule has 3 rings (SSSR count). The van der Waals surface area contributed by atoms with Gasteiger partial charge in [0.1, 0.15) is 0 Å². The van der Waals surface area contributed by atoms with Crippen molar-refractivity contribution in [3.63, 3.8) is 0 Å². The van der Waals surface area contributed by atoms with Crippen LogP contribution in [0.15, 0.2) is 11.6 Å². The monoisotopic (exact) mass is 191 g/mol. The highest BCUT2D eigenvalue weighted by atomic mass is 16.1. The summed E-state index contributed by atoms with van der Waals surface area (Å²) >= 11 is 0. The average Bonchev–Trinajstić information content (AvgIpc) is 2.92. The first kappa shape index (κ1) is 8.51. The molecule has 0 bridgehead atoms. The summed E-state index contributed by atoms with van der Waals surface area (Å²) in [7, 11) is 0. The molecule has 2 heteroatoms. The summed E-state index contributed by atoms with van der Waals surface area (Å²) in [5.74, 6) is 0.889. The fourth-order valence-corrected chi connectivity index (χ4v) is 3.46. The zero-order valence-electron chi connectivity index (χ0n) is 8.89. The Hall–Kier alpha value is -0.790. The lowest BCUT2D eigenvalue weighted by Crippen LogP contribution is -2.69. The minimum Gasteiger partial charge on any atom is -0.346 e. The maximum Gasteiger partial charge on any atom is 0.244 e. The van der Waals surface area contributed by atoms with Gasteiger partial charge in [0.25, 0.3) is 0 Å². The van der Waals surface area contributed by atoms with Gasteiger partial charge in [0, 0.05) is 11.5 Å². The Balaban J connectivity index is 2.06. The Morgan fingerprint density at radius 3 is 2.64 bits per heavy atom. The maximum absolute atomic E-state index is 11.6. The molecule has 1 heterocycles. The van der Waals surface area contributed by atoms with Crippen molar-refractivity contribution in [2.45, 2.75) is 45.1 Å². The zero-order valence-corrected chi connectivity index (χ0v) is 8.89. The molecule has 3 aliphatic rings. The highest BCUT2D eigenvalue weighted by Crippen LogP contribution is 2.64. The van der Waals surface area contributed by atoms with Crippen LogP contribution in [0.3, 0.4) is 0 Å². The summed E-state index contributed by atoms with van der Waals surface area (Å²) in [6, 6.07) is 0. The molecule has 2 saturated carbocycles. The molecule has 2 unspecified atom stereocenters. The van der Waals surface area contributed by atoms with Gasteiger partial charge in [-0.05, 0) is 38.5 Å². The molecule has 2 fully saturated rings. The summed E-state index contributed by atoms with van der Waals surface area (Å²) < 4.78 is 0. The van der Waals surface area contributed by atoms with Crippen molar-refractivity contribution in [2.75, 3.05) is 0 Å². The third-order valence-electron chi connectivity index (χ3n) is 4.84. The van der Waals surface area contributed by atoms with Crippen LogP contribution in [-0.4, -0.2) is 11.4 Å². The first-order valence-corrected chi connectivity index (χ1v) is 5.59. The lowest BCUT2D eigenvalue weighted by molar-refractivity contribution is -0.126. The summed E-state index contributed by atoms with van der Waals surface area (Å²) in [6.07, 6.45) is 6.84. The first-order chi connectivity index (χ1) is 6.58. The van der Waals surface area contributed by atoms with Crippen molar-refractivity contribution in [2.24, 2.45) is 11.3 Å². The van der Waals surface area contributed by atoms with Gasteiger partial charge in [-0.25, -0.2) is 0 Å². The van der Waals surface area contributed by atoms with Crippen LogP contribution in [0.25, 0.3) is 0 Å². The van der Waals surface area contributed by atoms with Crippen molar-refractivity contribution < 1.29 is 4.79 Å². The standard InChI is InChI=1S/C12H17NO/c1-8-7-10(14)13-12(9-3-4-9)6-5-11(8,12)2/h7,9H,3-6H2,1-2H3,(H,13,14). The van der Waals surface area contributed by atoms with Crippen LogP contribution >= 0.6 is 0 Å². The molecule has 1 aliphatic heterocycles. The van der Waals surface area contributed by atoms with E-state index < -0.39 is 0 Å². The van der Waals surface area contributed by atoms with E-state index in [1.807, 2.05) is 0 Å². The number of hydrogen-bond acceptors (Lipinski definition) is 1. The van der Waals surface area contributed by atoms with Crippen molar-refractivity contribution >= 4 is 5.91 Å². The van der Waals surface area contributed by atoms with E-state index in [4.69, 9.17) is 0 Å². The van der Waals surface area contributed by atoms with Crippen molar-refractivity contribution in [1.29, 1.82) is 0 Å². The molecule has 76 valence electrons. The van der Waals surface area contributed by atoms with E-state index in [1.54, 1.807) is 6.08 Å². The van der Waals surface area contributed by atoms with Crippen LogP contribution in [-0.2, 0) is 4.79 Å². The van der Waals surface area contributed by atoms with E-state index in [2.05, 4.69) is 19.2 Å². The number of rotatable bonds is 1. The largest absolute Gasteiger partial charge is 0.346 e. The second-order valence-corrected chi connectivity index (χ2v) is 5.39. The second kappa shape index (κ2) is 2.23. The summed E-state index contributed by atoms with van der Waals surface area (Å²) in [4.78, 5) is 11.6. The molecule has 1 amide bonds.